The van der Waals surface area contributed by atoms with Crippen molar-refractivity contribution in [3.05, 3.63) is 210 Å². The second-order valence-electron chi connectivity index (χ2n) is 14.5. The average Bonchev–Trinajstić information content (AvgIpc) is 3.73. The summed E-state index contributed by atoms with van der Waals surface area (Å²) in [5, 5.41) is 13.9. The molecule has 0 aliphatic carbocycles. The lowest BCUT2D eigenvalue weighted by Crippen LogP contribution is -2.37. The Morgan fingerprint density at radius 3 is 1.78 bits per heavy atom. The van der Waals surface area contributed by atoms with Crippen LogP contribution in [-0.2, 0) is 21.8 Å². The zero-order chi connectivity index (χ0) is 41.3. The first-order chi connectivity index (χ1) is 29.5. The molecule has 0 saturated carbocycles. The fourth-order valence-corrected chi connectivity index (χ4v) is 7.64. The second-order valence-corrected chi connectivity index (χ2v) is 14.5. The van der Waals surface area contributed by atoms with E-state index in [-0.39, 0.29) is 26.0 Å². The molecule has 0 saturated heterocycles. The van der Waals surface area contributed by atoms with Crippen molar-refractivity contribution in [1.29, 1.82) is 0 Å². The summed E-state index contributed by atoms with van der Waals surface area (Å²) in [6, 6.07) is 57.1. The van der Waals surface area contributed by atoms with E-state index in [9.17, 15) is 5.11 Å². The molecule has 2 aromatic heterocycles. The summed E-state index contributed by atoms with van der Waals surface area (Å²) in [6.45, 7) is 1.93. The Hall–Kier alpha value is -6.85. The molecule has 10 heteroatoms. The molecule has 0 aliphatic heterocycles. The third kappa shape index (κ3) is 8.21. The minimum Gasteiger partial charge on any atom is -0.497 e. The van der Waals surface area contributed by atoms with E-state index in [0.29, 0.717) is 22.9 Å². The second kappa shape index (κ2) is 18.4. The van der Waals surface area contributed by atoms with Crippen molar-refractivity contribution in [2.75, 3.05) is 37.6 Å². The third-order valence-electron chi connectivity index (χ3n) is 10.7. The predicted molar refractivity (Wildman–Crippen MR) is 237 cm³/mol. The standard InChI is InChI=1S/C50H48N6O4/c1-36-24-26-41(27-25-36)50(39-20-12-6-13-21-39,40-22-14-7-15-23-40)60-33-44(32-57)59-35-55-34-52-45-47(55)53-49(51-2)54-48(45)56(42-28-30-43(58-3)31-29-42)46(37-16-8-4-9-17-37)38-18-10-5-11-19-38/h4-31,34,44,46,57H,32-33,35H2,1-3H3,(H,51,53,54). The van der Waals surface area contributed by atoms with E-state index >= 15 is 0 Å². The topological polar surface area (TPSA) is 107 Å². The van der Waals surface area contributed by atoms with Gasteiger partial charge in [-0.15, -0.1) is 0 Å². The highest BCUT2D eigenvalue weighted by Crippen LogP contribution is 2.43. The van der Waals surface area contributed by atoms with Crippen LogP contribution in [0, 0.1) is 6.92 Å². The van der Waals surface area contributed by atoms with Crippen molar-refractivity contribution in [3.63, 3.8) is 0 Å². The van der Waals surface area contributed by atoms with Crippen LogP contribution in [0.3, 0.4) is 0 Å². The summed E-state index contributed by atoms with van der Waals surface area (Å²) in [4.78, 5) is 17.1. The molecular weight excluding hydrogens is 749 g/mol. The van der Waals surface area contributed by atoms with Gasteiger partial charge in [-0.05, 0) is 59.0 Å². The number of hydrogen-bond donors (Lipinski definition) is 2. The normalized spacial score (nSPS) is 12.1. The molecule has 60 heavy (non-hydrogen) atoms. The molecule has 302 valence electrons. The maximum absolute atomic E-state index is 10.8. The number of imidazole rings is 1. The summed E-state index contributed by atoms with van der Waals surface area (Å²) in [5.41, 5.74) is 7.23. The van der Waals surface area contributed by atoms with Gasteiger partial charge in [0.25, 0.3) is 0 Å². The van der Waals surface area contributed by atoms with E-state index < -0.39 is 11.7 Å². The van der Waals surface area contributed by atoms with E-state index in [4.69, 9.17) is 29.2 Å². The van der Waals surface area contributed by atoms with E-state index in [1.165, 1.54) is 0 Å². The number of aliphatic hydroxyl groups excluding tert-OH is 1. The first-order valence-electron chi connectivity index (χ1n) is 20.0. The first-order valence-corrected chi connectivity index (χ1v) is 20.0. The molecule has 6 aromatic carbocycles. The summed E-state index contributed by atoms with van der Waals surface area (Å²) in [5.74, 6) is 1.75. The van der Waals surface area contributed by atoms with Gasteiger partial charge in [-0.25, -0.2) is 4.98 Å². The molecule has 0 aliphatic rings. The number of methoxy groups -OCH3 is 1. The van der Waals surface area contributed by atoms with Gasteiger partial charge < -0.3 is 29.5 Å². The van der Waals surface area contributed by atoms with Gasteiger partial charge in [0.05, 0.1) is 32.7 Å². The zero-order valence-electron chi connectivity index (χ0n) is 33.9. The molecule has 0 radical (unpaired) electrons. The van der Waals surface area contributed by atoms with Crippen molar-refractivity contribution in [3.8, 4) is 5.75 Å². The van der Waals surface area contributed by atoms with Crippen LogP contribution in [0.5, 0.6) is 5.75 Å². The van der Waals surface area contributed by atoms with Crippen LogP contribution in [0.1, 0.15) is 39.4 Å². The third-order valence-corrected chi connectivity index (χ3v) is 10.7. The first kappa shape index (κ1) is 40.0. The zero-order valence-corrected chi connectivity index (χ0v) is 33.9. The number of fused-ring (bicyclic) bond motifs is 1. The molecule has 8 rings (SSSR count). The molecule has 10 nitrogen and oxygen atoms in total. The average molecular weight is 797 g/mol. The van der Waals surface area contributed by atoms with Crippen LogP contribution in [0.4, 0.5) is 17.5 Å². The minimum absolute atomic E-state index is 0.0439. The van der Waals surface area contributed by atoms with E-state index in [1.807, 2.05) is 102 Å². The van der Waals surface area contributed by atoms with Gasteiger partial charge in [-0.3, -0.25) is 4.57 Å². The summed E-state index contributed by atoms with van der Waals surface area (Å²) < 4.78 is 20.9. The summed E-state index contributed by atoms with van der Waals surface area (Å²) >= 11 is 0. The Bertz CT molecular complexity index is 2490. The number of nitrogens with zero attached hydrogens (tertiary/aromatic N) is 5. The van der Waals surface area contributed by atoms with Gasteiger partial charge in [-0.1, -0.05) is 151 Å². The van der Waals surface area contributed by atoms with Crippen LogP contribution in [0.2, 0.25) is 0 Å². The summed E-state index contributed by atoms with van der Waals surface area (Å²) in [7, 11) is 3.45. The van der Waals surface area contributed by atoms with Gasteiger partial charge in [0.1, 0.15) is 24.2 Å². The lowest BCUT2D eigenvalue weighted by Gasteiger charge is -2.37. The van der Waals surface area contributed by atoms with Crippen LogP contribution in [0.15, 0.2) is 176 Å². The van der Waals surface area contributed by atoms with Crippen molar-refractivity contribution in [2.45, 2.75) is 31.4 Å². The molecule has 2 heterocycles. The Morgan fingerprint density at radius 1 is 0.700 bits per heavy atom. The molecule has 1 unspecified atom stereocenters. The highest BCUT2D eigenvalue weighted by atomic mass is 16.6. The molecule has 8 aromatic rings. The Kier molecular flexibility index (Phi) is 12.2. The van der Waals surface area contributed by atoms with Crippen LogP contribution < -0.4 is 15.0 Å². The monoisotopic (exact) mass is 796 g/mol. The molecule has 0 bridgehead atoms. The minimum atomic E-state index is -0.975. The van der Waals surface area contributed by atoms with Crippen LogP contribution in [-0.4, -0.2) is 58.1 Å². The molecule has 0 spiro atoms. The molecule has 1 atom stereocenters. The highest BCUT2D eigenvalue weighted by molar-refractivity contribution is 5.88. The Balaban J connectivity index is 1.16. The van der Waals surface area contributed by atoms with Gasteiger partial charge in [0.2, 0.25) is 5.95 Å². The molecule has 2 N–H and O–H groups in total. The number of aromatic nitrogens is 4. The van der Waals surface area contributed by atoms with E-state index in [1.54, 1.807) is 20.5 Å². The fraction of sp³-hybridized carbons (Fsp3) is 0.180. The van der Waals surface area contributed by atoms with Gasteiger partial charge in [-0.2, -0.15) is 9.97 Å². The molecular formula is C50H48N6O4. The predicted octanol–water partition coefficient (Wildman–Crippen LogP) is 9.46. The quantitative estimate of drug-likeness (QED) is 0.0872. The number of aryl methyl sites for hydroxylation is 1. The SMILES string of the molecule is CNc1nc(N(c2ccc(OC)cc2)C(c2ccccc2)c2ccccc2)c2ncn(COC(CO)COC(c3ccccc3)(c3ccccc3)c3ccc(C)cc3)c2n1. The van der Waals surface area contributed by atoms with Crippen molar-refractivity contribution in [1.82, 2.24) is 19.5 Å². The maximum atomic E-state index is 10.8. The number of anilines is 3. The van der Waals surface area contributed by atoms with Gasteiger partial charge in [0.15, 0.2) is 17.0 Å². The lowest BCUT2D eigenvalue weighted by molar-refractivity contribution is -0.0970. The lowest BCUT2D eigenvalue weighted by atomic mass is 9.80. The van der Waals surface area contributed by atoms with E-state index in [0.717, 1.165) is 44.8 Å². The maximum Gasteiger partial charge on any atom is 0.226 e. The van der Waals surface area contributed by atoms with Crippen LogP contribution >= 0.6 is 0 Å². The van der Waals surface area contributed by atoms with E-state index in [2.05, 4.69) is 89.9 Å². The van der Waals surface area contributed by atoms with Crippen molar-refractivity contribution in [2.24, 2.45) is 0 Å². The molecule has 0 fully saturated rings. The summed E-state index contributed by atoms with van der Waals surface area (Å²) in [6.07, 6.45) is 1.01. The number of ether oxygens (including phenoxy) is 3. The van der Waals surface area contributed by atoms with Crippen LogP contribution in [0.25, 0.3) is 11.2 Å². The number of aliphatic hydroxyl groups is 1. The number of hydrogen-bond acceptors (Lipinski definition) is 9. The van der Waals surface area contributed by atoms with Crippen molar-refractivity contribution < 1.29 is 19.3 Å². The smallest absolute Gasteiger partial charge is 0.226 e. The largest absolute Gasteiger partial charge is 0.497 e. The Morgan fingerprint density at radius 2 is 1.25 bits per heavy atom. The molecule has 0 amide bonds. The number of benzene rings is 6. The fourth-order valence-electron chi connectivity index (χ4n) is 7.64. The van der Waals surface area contributed by atoms with Crippen molar-refractivity contribution >= 4 is 28.6 Å². The number of nitrogens with one attached hydrogen (secondary N) is 1. The van der Waals surface area contributed by atoms with Gasteiger partial charge in [0, 0.05) is 12.7 Å². The number of rotatable bonds is 17. The van der Waals surface area contributed by atoms with Gasteiger partial charge >= 0.3 is 0 Å². The highest BCUT2D eigenvalue weighted by Gasteiger charge is 2.38. The Labute approximate surface area is 350 Å².